The number of hydrogen-bond acceptors (Lipinski definition) is 3. The summed E-state index contributed by atoms with van der Waals surface area (Å²) in [5, 5.41) is 4.29. The summed E-state index contributed by atoms with van der Waals surface area (Å²) in [5.41, 5.74) is 6.44. The highest BCUT2D eigenvalue weighted by atomic mass is 15.3. The van der Waals surface area contributed by atoms with E-state index in [1.807, 2.05) is 4.68 Å². The van der Waals surface area contributed by atoms with Crippen LogP contribution < -0.4 is 5.73 Å². The third-order valence-electron chi connectivity index (χ3n) is 4.56. The Bertz CT molecular complexity index is 374. The molecule has 19 heavy (non-hydrogen) atoms. The van der Waals surface area contributed by atoms with Crippen molar-refractivity contribution >= 4 is 0 Å². The number of aromatic nitrogens is 3. The molecule has 0 saturated heterocycles. The van der Waals surface area contributed by atoms with E-state index in [0.717, 1.165) is 31.1 Å². The Morgan fingerprint density at radius 1 is 1.42 bits per heavy atom. The molecule has 0 aliphatic heterocycles. The smallest absolute Gasteiger partial charge is 0.138 e. The first kappa shape index (κ1) is 14.5. The van der Waals surface area contributed by atoms with Gasteiger partial charge in [0.2, 0.25) is 0 Å². The number of nitrogens with zero attached hydrogens (tertiary/aromatic N) is 3. The van der Waals surface area contributed by atoms with Crippen molar-refractivity contribution in [2.24, 2.45) is 17.6 Å². The van der Waals surface area contributed by atoms with Crippen molar-refractivity contribution < 1.29 is 0 Å². The molecule has 1 aliphatic carbocycles. The number of nitrogens with two attached hydrogens (primary N) is 1. The van der Waals surface area contributed by atoms with Crippen LogP contribution in [0.4, 0.5) is 0 Å². The fourth-order valence-electron chi connectivity index (χ4n) is 3.31. The zero-order chi connectivity index (χ0) is 13.7. The molecule has 3 atom stereocenters. The average molecular weight is 264 g/mol. The van der Waals surface area contributed by atoms with E-state index in [2.05, 4.69) is 23.9 Å². The van der Waals surface area contributed by atoms with Crippen LogP contribution in [0.2, 0.25) is 0 Å². The van der Waals surface area contributed by atoms with Crippen molar-refractivity contribution in [3.8, 4) is 0 Å². The maximum Gasteiger partial charge on any atom is 0.138 e. The molecule has 1 aromatic rings. The van der Waals surface area contributed by atoms with Gasteiger partial charge in [0.05, 0.1) is 0 Å². The summed E-state index contributed by atoms with van der Waals surface area (Å²) in [7, 11) is 0. The molecule has 4 nitrogen and oxygen atoms in total. The predicted octanol–water partition coefficient (Wildman–Crippen LogP) is 2.77. The summed E-state index contributed by atoms with van der Waals surface area (Å²) >= 11 is 0. The average Bonchev–Trinajstić information content (AvgIpc) is 2.86. The second-order valence-electron chi connectivity index (χ2n) is 5.97. The molecule has 108 valence electrons. The Hall–Kier alpha value is -0.900. The molecule has 2 rings (SSSR count). The highest BCUT2D eigenvalue weighted by molar-refractivity contribution is 4.92. The highest BCUT2D eigenvalue weighted by Crippen LogP contribution is 2.33. The minimum Gasteiger partial charge on any atom is -0.327 e. The van der Waals surface area contributed by atoms with Crippen molar-refractivity contribution in [3.05, 3.63) is 12.2 Å². The lowest BCUT2D eigenvalue weighted by Gasteiger charge is -2.32. The van der Waals surface area contributed by atoms with Crippen LogP contribution in [-0.2, 0) is 13.0 Å². The van der Waals surface area contributed by atoms with E-state index in [0.29, 0.717) is 5.92 Å². The maximum atomic E-state index is 6.44. The Balaban J connectivity index is 1.92. The van der Waals surface area contributed by atoms with Crippen LogP contribution in [0.5, 0.6) is 0 Å². The summed E-state index contributed by atoms with van der Waals surface area (Å²) in [4.78, 5) is 4.38. The number of hydrogen-bond donors (Lipinski definition) is 1. The number of rotatable bonds is 6. The summed E-state index contributed by atoms with van der Waals surface area (Å²) < 4.78 is 2.01. The first-order valence-electron chi connectivity index (χ1n) is 7.86. The van der Waals surface area contributed by atoms with Crippen molar-refractivity contribution in [1.82, 2.24) is 14.8 Å². The van der Waals surface area contributed by atoms with E-state index < -0.39 is 0 Å². The van der Waals surface area contributed by atoms with Gasteiger partial charge in [0.15, 0.2) is 0 Å². The quantitative estimate of drug-likeness (QED) is 0.859. The fraction of sp³-hybridized carbons (Fsp3) is 0.867. The Morgan fingerprint density at radius 3 is 3.00 bits per heavy atom. The van der Waals surface area contributed by atoms with Crippen LogP contribution in [0, 0.1) is 11.8 Å². The van der Waals surface area contributed by atoms with Gasteiger partial charge in [-0.1, -0.05) is 33.1 Å². The van der Waals surface area contributed by atoms with Gasteiger partial charge in [0, 0.05) is 19.0 Å². The summed E-state index contributed by atoms with van der Waals surface area (Å²) in [5.74, 6) is 2.62. The van der Waals surface area contributed by atoms with Crippen molar-refractivity contribution in [3.63, 3.8) is 0 Å². The molecular formula is C15H28N4. The minimum absolute atomic E-state index is 0.245. The molecule has 3 unspecified atom stereocenters. The molecule has 0 aromatic carbocycles. The van der Waals surface area contributed by atoms with Gasteiger partial charge in [-0.3, -0.25) is 4.68 Å². The molecule has 1 heterocycles. The first-order chi connectivity index (χ1) is 9.24. The lowest BCUT2D eigenvalue weighted by atomic mass is 9.76. The van der Waals surface area contributed by atoms with Gasteiger partial charge in [-0.2, -0.15) is 5.10 Å². The van der Waals surface area contributed by atoms with E-state index in [4.69, 9.17) is 5.73 Å². The molecule has 2 N–H and O–H groups in total. The summed E-state index contributed by atoms with van der Waals surface area (Å²) in [6.07, 6.45) is 10.3. The molecule has 1 saturated carbocycles. The van der Waals surface area contributed by atoms with Crippen molar-refractivity contribution in [1.29, 1.82) is 0 Å². The molecule has 1 aliphatic rings. The largest absolute Gasteiger partial charge is 0.327 e. The lowest BCUT2D eigenvalue weighted by molar-refractivity contribution is 0.226. The maximum absolute atomic E-state index is 6.44. The summed E-state index contributed by atoms with van der Waals surface area (Å²) in [6, 6.07) is 0.245. The molecule has 0 bridgehead atoms. The van der Waals surface area contributed by atoms with Crippen LogP contribution in [0.15, 0.2) is 6.33 Å². The van der Waals surface area contributed by atoms with Gasteiger partial charge in [-0.15, -0.1) is 0 Å². The zero-order valence-corrected chi connectivity index (χ0v) is 12.4. The molecule has 0 amide bonds. The minimum atomic E-state index is 0.245. The standard InChI is InChI=1S/C15H28N4/c1-3-8-19-15(17-11-18-19)10-14(16)13-7-5-6-12(4-2)9-13/h11-14H,3-10,16H2,1-2H3. The molecular weight excluding hydrogens is 236 g/mol. The molecule has 0 radical (unpaired) electrons. The third kappa shape index (κ3) is 3.78. The van der Waals surface area contributed by atoms with E-state index >= 15 is 0 Å². The number of aryl methyl sites for hydroxylation is 1. The molecule has 4 heteroatoms. The molecule has 1 fully saturated rings. The van der Waals surface area contributed by atoms with Gasteiger partial charge in [0.1, 0.15) is 12.2 Å². The van der Waals surface area contributed by atoms with Crippen LogP contribution >= 0.6 is 0 Å². The van der Waals surface area contributed by atoms with E-state index in [9.17, 15) is 0 Å². The first-order valence-corrected chi connectivity index (χ1v) is 7.86. The van der Waals surface area contributed by atoms with Crippen molar-refractivity contribution in [2.45, 2.75) is 71.4 Å². The van der Waals surface area contributed by atoms with Crippen LogP contribution in [-0.4, -0.2) is 20.8 Å². The van der Waals surface area contributed by atoms with Crippen LogP contribution in [0.3, 0.4) is 0 Å². The second kappa shape index (κ2) is 7.04. The van der Waals surface area contributed by atoms with Crippen LogP contribution in [0.25, 0.3) is 0 Å². The monoisotopic (exact) mass is 264 g/mol. The van der Waals surface area contributed by atoms with Gasteiger partial charge >= 0.3 is 0 Å². The lowest BCUT2D eigenvalue weighted by Crippen LogP contribution is -2.36. The molecule has 0 spiro atoms. The normalized spacial score (nSPS) is 25.4. The zero-order valence-electron chi connectivity index (χ0n) is 12.4. The predicted molar refractivity (Wildman–Crippen MR) is 77.7 cm³/mol. The topological polar surface area (TPSA) is 56.7 Å². The second-order valence-corrected chi connectivity index (χ2v) is 5.97. The van der Waals surface area contributed by atoms with Crippen molar-refractivity contribution in [2.75, 3.05) is 0 Å². The summed E-state index contributed by atoms with van der Waals surface area (Å²) in [6.45, 7) is 5.42. The molecule has 1 aromatic heterocycles. The fourth-order valence-corrected chi connectivity index (χ4v) is 3.31. The van der Waals surface area contributed by atoms with Gasteiger partial charge in [-0.05, 0) is 31.1 Å². The van der Waals surface area contributed by atoms with E-state index in [1.54, 1.807) is 6.33 Å². The van der Waals surface area contributed by atoms with Crippen LogP contribution in [0.1, 0.15) is 58.2 Å². The Morgan fingerprint density at radius 2 is 2.26 bits per heavy atom. The van der Waals surface area contributed by atoms with E-state index in [-0.39, 0.29) is 6.04 Å². The third-order valence-corrected chi connectivity index (χ3v) is 4.56. The van der Waals surface area contributed by atoms with E-state index in [1.165, 1.54) is 32.1 Å². The Labute approximate surface area is 116 Å². The SMILES string of the molecule is CCCn1ncnc1CC(N)C1CCCC(CC)C1. The van der Waals surface area contributed by atoms with Gasteiger partial charge in [-0.25, -0.2) is 4.98 Å². The highest BCUT2D eigenvalue weighted by Gasteiger charge is 2.26. The Kier molecular flexibility index (Phi) is 5.37. The van der Waals surface area contributed by atoms with Gasteiger partial charge in [0.25, 0.3) is 0 Å². The van der Waals surface area contributed by atoms with Gasteiger partial charge < -0.3 is 5.73 Å².